The molecule has 2 aliphatic rings. The second-order valence-corrected chi connectivity index (χ2v) is 20.7. The maximum atomic E-state index is 13.7. The lowest BCUT2D eigenvalue weighted by atomic mass is 10.2. The zero-order chi connectivity index (χ0) is 46.7. The molecule has 0 bridgehead atoms. The number of piperazine rings is 2. The number of nitrogens with one attached hydrogen (secondary N) is 2. The van der Waals surface area contributed by atoms with Crippen molar-refractivity contribution < 1.29 is 19.1 Å². The summed E-state index contributed by atoms with van der Waals surface area (Å²) in [5.41, 5.74) is 6.77. The molecule has 0 aliphatic carbocycles. The molecule has 18 heteroatoms. The lowest BCUT2D eigenvalue weighted by Gasteiger charge is -2.34. The Hall–Kier alpha value is -5.82. The number of para-hydroxylation sites is 2. The van der Waals surface area contributed by atoms with Gasteiger partial charge in [-0.25, -0.2) is 24.1 Å². The van der Waals surface area contributed by atoms with E-state index in [4.69, 9.17) is 19.4 Å². The van der Waals surface area contributed by atoms with Crippen molar-refractivity contribution in [2.75, 3.05) is 76.3 Å². The molecule has 0 radical (unpaired) electrons. The number of fused-ring (bicyclic) bond motifs is 4. The van der Waals surface area contributed by atoms with Crippen LogP contribution in [0, 0.1) is 0 Å². The summed E-state index contributed by atoms with van der Waals surface area (Å²) in [5, 5.41) is 14.0. The van der Waals surface area contributed by atoms with Gasteiger partial charge in [0, 0.05) is 72.1 Å². The number of rotatable bonds is 4. The van der Waals surface area contributed by atoms with E-state index < -0.39 is 23.4 Å². The van der Waals surface area contributed by atoms with E-state index in [9.17, 15) is 9.59 Å². The fraction of sp³-hybridized carbons (Fsp3) is 0.375. The minimum atomic E-state index is -0.733. The third-order valence-electron chi connectivity index (χ3n) is 11.6. The van der Waals surface area contributed by atoms with Gasteiger partial charge < -0.3 is 34.1 Å². The van der Waals surface area contributed by atoms with Gasteiger partial charge in [0.2, 0.25) is 0 Å². The molecule has 2 aliphatic heterocycles. The smallest absolute Gasteiger partial charge is 0.435 e. The number of aromatic amines is 2. The fourth-order valence-electron chi connectivity index (χ4n) is 8.34. The highest BCUT2D eigenvalue weighted by Crippen LogP contribution is 2.37. The molecule has 0 atom stereocenters. The first-order valence-corrected chi connectivity index (χ1v) is 23.7. The zero-order valence-electron chi connectivity index (χ0n) is 38.4. The lowest BCUT2D eigenvalue weighted by molar-refractivity contribution is 0.0520. The van der Waals surface area contributed by atoms with Crippen molar-refractivity contribution in [1.82, 2.24) is 49.3 Å². The Morgan fingerprint density at radius 2 is 1.20 bits per heavy atom. The molecule has 66 heavy (non-hydrogen) atoms. The normalized spacial score (nSPS) is 15.5. The first-order chi connectivity index (χ1) is 31.4. The molecule has 0 unspecified atom stereocenters. The molecule has 0 saturated carbocycles. The van der Waals surface area contributed by atoms with E-state index in [1.165, 1.54) is 14.9 Å². The number of benzene rings is 4. The zero-order valence-corrected chi connectivity index (χ0v) is 41.6. The van der Waals surface area contributed by atoms with Crippen LogP contribution in [-0.4, -0.2) is 139 Å². The largest absolute Gasteiger partial charge is 0.443 e. The number of H-pyrrole nitrogens is 2. The van der Waals surface area contributed by atoms with E-state index in [-0.39, 0.29) is 0 Å². The SMILES string of the molecule is CN1CCN(c2cccc3[nH]c(-c4n[nH]c5cc(Br)ccc45)nc23)CC1.CN1CCN(c2cccc3c2nc(-c2nn(C(=O)OC(C)(C)C)c4cc(Br)ccc24)n3C(=O)OC(C)(C)C)CC1. The van der Waals surface area contributed by atoms with E-state index in [0.717, 1.165) is 100 Å². The molecule has 0 amide bonds. The third-order valence-corrected chi connectivity index (χ3v) is 12.6. The summed E-state index contributed by atoms with van der Waals surface area (Å²) < 4.78 is 16.0. The van der Waals surface area contributed by atoms with Crippen molar-refractivity contribution >= 4 is 99.3 Å². The van der Waals surface area contributed by atoms with Gasteiger partial charge in [0.1, 0.15) is 33.6 Å². The Labute approximate surface area is 399 Å². The summed E-state index contributed by atoms with van der Waals surface area (Å²) in [6.07, 6.45) is -1.20. The average molecular weight is 1020 g/mol. The molecule has 10 rings (SSSR count). The monoisotopic (exact) mass is 1020 g/mol. The minimum absolute atomic E-state index is 0.292. The molecule has 0 spiro atoms. The first kappa shape index (κ1) is 45.3. The van der Waals surface area contributed by atoms with Gasteiger partial charge >= 0.3 is 12.2 Å². The average Bonchev–Trinajstić information content (AvgIpc) is 4.05. The van der Waals surface area contributed by atoms with Gasteiger partial charge in [0.25, 0.3) is 0 Å². The van der Waals surface area contributed by atoms with Crippen LogP contribution in [0.25, 0.3) is 66.9 Å². The van der Waals surface area contributed by atoms with Crippen LogP contribution in [0.15, 0.2) is 81.7 Å². The van der Waals surface area contributed by atoms with Gasteiger partial charge in [-0.15, -0.1) is 0 Å². The molecule has 8 aromatic rings. The Bertz CT molecular complexity index is 3100. The lowest BCUT2D eigenvalue weighted by Crippen LogP contribution is -2.44. The van der Waals surface area contributed by atoms with Crippen LogP contribution in [-0.2, 0) is 9.47 Å². The van der Waals surface area contributed by atoms with Gasteiger partial charge in [-0.3, -0.25) is 5.10 Å². The second-order valence-electron chi connectivity index (χ2n) is 18.9. The fourth-order valence-corrected chi connectivity index (χ4v) is 9.05. The highest BCUT2D eigenvalue weighted by atomic mass is 79.9. The Morgan fingerprint density at radius 1 is 0.621 bits per heavy atom. The molecule has 2 fully saturated rings. The third kappa shape index (κ3) is 9.28. The summed E-state index contributed by atoms with van der Waals surface area (Å²) in [7, 11) is 4.28. The van der Waals surface area contributed by atoms with Crippen molar-refractivity contribution in [2.24, 2.45) is 0 Å². The Balaban J connectivity index is 0.000000181. The number of hydrogen-bond acceptors (Lipinski definition) is 12. The highest BCUT2D eigenvalue weighted by Gasteiger charge is 2.31. The number of carbonyl (C=O) groups is 2. The number of likely N-dealkylation sites (N-methyl/N-ethyl adjacent to an activating group) is 2. The predicted molar refractivity (Wildman–Crippen MR) is 268 cm³/mol. The van der Waals surface area contributed by atoms with E-state index in [0.29, 0.717) is 33.5 Å². The predicted octanol–water partition coefficient (Wildman–Crippen LogP) is 9.75. The molecule has 4 aromatic heterocycles. The van der Waals surface area contributed by atoms with Crippen molar-refractivity contribution in [3.63, 3.8) is 0 Å². The summed E-state index contributed by atoms with van der Waals surface area (Å²) >= 11 is 7.01. The Kier molecular flexibility index (Phi) is 12.2. The van der Waals surface area contributed by atoms with Crippen LogP contribution < -0.4 is 9.80 Å². The van der Waals surface area contributed by atoms with Crippen molar-refractivity contribution in [2.45, 2.75) is 52.7 Å². The summed E-state index contributed by atoms with van der Waals surface area (Å²) in [6.45, 7) is 18.6. The number of anilines is 2. The first-order valence-electron chi connectivity index (χ1n) is 22.1. The second kappa shape index (κ2) is 17.8. The number of imidazole rings is 2. The highest BCUT2D eigenvalue weighted by molar-refractivity contribution is 9.10. The van der Waals surface area contributed by atoms with Gasteiger partial charge in [0.05, 0.1) is 33.4 Å². The number of nitrogens with zero attached hydrogens (tertiary/aromatic N) is 10. The minimum Gasteiger partial charge on any atom is -0.443 e. The topological polar surface area (TPSA) is 159 Å². The Morgan fingerprint density at radius 3 is 1.83 bits per heavy atom. The van der Waals surface area contributed by atoms with Gasteiger partial charge in [-0.05, 0) is 116 Å². The molecule has 2 N–H and O–H groups in total. The maximum absolute atomic E-state index is 13.7. The molecular weight excluding hydrogens is 968 g/mol. The van der Waals surface area contributed by atoms with E-state index in [2.05, 4.69) is 110 Å². The van der Waals surface area contributed by atoms with Crippen molar-refractivity contribution in [3.8, 4) is 23.0 Å². The van der Waals surface area contributed by atoms with Gasteiger partial charge in [0.15, 0.2) is 11.6 Å². The van der Waals surface area contributed by atoms with Crippen LogP contribution in [0.3, 0.4) is 0 Å². The summed E-state index contributed by atoms with van der Waals surface area (Å²) in [4.78, 5) is 49.7. The summed E-state index contributed by atoms with van der Waals surface area (Å²) in [6, 6.07) is 23.8. The number of ether oxygens (including phenoxy) is 2. The number of hydrogen-bond donors (Lipinski definition) is 2. The van der Waals surface area contributed by atoms with Crippen LogP contribution in [0.4, 0.5) is 21.0 Å². The number of halogens is 2. The van der Waals surface area contributed by atoms with Crippen LogP contribution in [0.2, 0.25) is 0 Å². The van der Waals surface area contributed by atoms with Crippen molar-refractivity contribution in [3.05, 3.63) is 81.7 Å². The van der Waals surface area contributed by atoms with Crippen LogP contribution in [0.1, 0.15) is 41.5 Å². The number of aromatic nitrogens is 8. The van der Waals surface area contributed by atoms with Crippen molar-refractivity contribution in [1.29, 1.82) is 0 Å². The van der Waals surface area contributed by atoms with Crippen LogP contribution in [0.5, 0.6) is 0 Å². The molecule has 344 valence electrons. The van der Waals surface area contributed by atoms with Gasteiger partial charge in [-0.1, -0.05) is 44.0 Å². The standard InChI is InChI=1S/C29H35BrN6O4.C19H19BrN6/c1-28(2,3)39-26(37)35-21-10-8-9-20(34-15-13-33(7)14-16-34)24(21)31-25(35)23-19-12-11-18(30)17-22(19)36(32-23)27(38)40-29(4,5)6;1-25-7-9-26(10-8-25)16-4-2-3-14-18(16)22-19(21-14)17-13-6-5-12(20)11-15(13)23-24-17/h8-12,17H,13-16H2,1-7H3;2-6,11H,7-10H2,1H3,(H,21,22)(H,23,24). The number of carbonyl (C=O) groups excluding carboxylic acids is 2. The molecule has 16 nitrogen and oxygen atoms in total. The maximum Gasteiger partial charge on any atom is 0.435 e. The van der Waals surface area contributed by atoms with Crippen LogP contribution >= 0.6 is 31.9 Å². The molecular formula is C48H54Br2N12O4. The van der Waals surface area contributed by atoms with E-state index in [1.807, 2.05) is 63.2 Å². The summed E-state index contributed by atoms with van der Waals surface area (Å²) in [5.74, 6) is 1.09. The van der Waals surface area contributed by atoms with Gasteiger partial charge in [-0.2, -0.15) is 14.9 Å². The molecule has 4 aromatic carbocycles. The van der Waals surface area contributed by atoms with E-state index >= 15 is 0 Å². The molecule has 2 saturated heterocycles. The molecule has 6 heterocycles. The van der Waals surface area contributed by atoms with E-state index in [1.54, 1.807) is 26.8 Å². The quantitative estimate of drug-likeness (QED) is 0.172.